The molecule has 1 unspecified atom stereocenters. The van der Waals surface area contributed by atoms with Crippen molar-refractivity contribution < 1.29 is 8.78 Å². The molecule has 3 aromatic rings. The maximum atomic E-state index is 13.0. The van der Waals surface area contributed by atoms with Gasteiger partial charge in [0, 0.05) is 24.3 Å². The SMILES string of the molecule is Cn1c(SCc2nccn2C(F)F)nnc1-c1cc2c(s1)CCC(C(C)(C)C)C2. The summed E-state index contributed by atoms with van der Waals surface area (Å²) in [5, 5.41) is 9.36. The van der Waals surface area contributed by atoms with Crippen LogP contribution in [0.2, 0.25) is 0 Å². The number of alkyl halides is 2. The van der Waals surface area contributed by atoms with Crippen LogP contribution < -0.4 is 0 Å². The van der Waals surface area contributed by atoms with Crippen LogP contribution in [0.3, 0.4) is 0 Å². The Kier molecular flexibility index (Phi) is 5.54. The summed E-state index contributed by atoms with van der Waals surface area (Å²) in [5.41, 5.74) is 1.76. The lowest BCUT2D eigenvalue weighted by Gasteiger charge is -2.33. The van der Waals surface area contributed by atoms with E-state index in [1.807, 2.05) is 11.6 Å². The molecule has 3 heterocycles. The molecule has 1 atom stereocenters. The molecule has 4 rings (SSSR count). The monoisotopic (exact) mass is 437 g/mol. The number of thiophene rings is 1. The molecule has 0 fully saturated rings. The zero-order valence-corrected chi connectivity index (χ0v) is 18.7. The number of aromatic nitrogens is 5. The van der Waals surface area contributed by atoms with Gasteiger partial charge in [0.2, 0.25) is 0 Å². The zero-order valence-electron chi connectivity index (χ0n) is 17.0. The molecule has 1 aliphatic carbocycles. The van der Waals surface area contributed by atoms with Crippen LogP contribution in [0, 0.1) is 11.3 Å². The Morgan fingerprint density at radius 1 is 1.31 bits per heavy atom. The Hall–Kier alpha value is -1.74. The molecule has 0 radical (unpaired) electrons. The minimum absolute atomic E-state index is 0.317. The minimum Gasteiger partial charge on any atom is -0.304 e. The van der Waals surface area contributed by atoms with Gasteiger partial charge in [-0.05, 0) is 42.2 Å². The van der Waals surface area contributed by atoms with Crippen LogP contribution in [0.15, 0.2) is 23.6 Å². The Morgan fingerprint density at radius 2 is 2.10 bits per heavy atom. The van der Waals surface area contributed by atoms with Crippen molar-refractivity contribution in [2.45, 2.75) is 57.5 Å². The maximum Gasteiger partial charge on any atom is 0.319 e. The first-order chi connectivity index (χ1) is 13.7. The van der Waals surface area contributed by atoms with Crippen molar-refractivity contribution in [2.24, 2.45) is 18.4 Å². The van der Waals surface area contributed by atoms with Gasteiger partial charge in [-0.1, -0.05) is 32.5 Å². The normalized spacial score (nSPS) is 17.1. The summed E-state index contributed by atoms with van der Waals surface area (Å²) in [7, 11) is 1.92. The van der Waals surface area contributed by atoms with E-state index >= 15 is 0 Å². The Balaban J connectivity index is 1.51. The molecule has 0 saturated heterocycles. The van der Waals surface area contributed by atoms with Crippen LogP contribution in [0.4, 0.5) is 8.78 Å². The molecule has 0 aromatic carbocycles. The van der Waals surface area contributed by atoms with Crippen molar-refractivity contribution in [3.8, 4) is 10.7 Å². The first-order valence-electron chi connectivity index (χ1n) is 9.68. The van der Waals surface area contributed by atoms with E-state index in [1.165, 1.54) is 41.0 Å². The molecule has 5 nitrogen and oxygen atoms in total. The molecule has 156 valence electrons. The molecule has 9 heteroatoms. The standard InChI is InChI=1S/C20H25F2N5S2/c1-20(2,3)13-5-6-14-12(9-13)10-15(29-14)17-24-25-19(26(17)4)28-11-16-23-7-8-27(16)18(21)22/h7-8,10,13,18H,5-6,9,11H2,1-4H3. The van der Waals surface area contributed by atoms with E-state index in [1.54, 1.807) is 11.3 Å². The predicted octanol–water partition coefficient (Wildman–Crippen LogP) is 5.58. The van der Waals surface area contributed by atoms with E-state index in [0.717, 1.165) is 28.1 Å². The molecule has 0 N–H and O–H groups in total. The number of halogens is 2. The van der Waals surface area contributed by atoms with E-state index in [0.29, 0.717) is 28.1 Å². The lowest BCUT2D eigenvalue weighted by molar-refractivity contribution is 0.0678. The topological polar surface area (TPSA) is 48.5 Å². The summed E-state index contributed by atoms with van der Waals surface area (Å²) in [4.78, 5) is 6.61. The molecule has 1 aliphatic rings. The summed E-state index contributed by atoms with van der Waals surface area (Å²) >= 11 is 3.17. The third-order valence-corrected chi connectivity index (χ3v) is 7.90. The fourth-order valence-electron chi connectivity index (χ4n) is 3.79. The number of aryl methyl sites for hydroxylation is 1. The smallest absolute Gasteiger partial charge is 0.304 e. The number of thioether (sulfide) groups is 1. The molecule has 0 bridgehead atoms. The van der Waals surface area contributed by atoms with Crippen LogP contribution >= 0.6 is 23.1 Å². The van der Waals surface area contributed by atoms with Crippen LogP contribution in [-0.4, -0.2) is 24.3 Å². The zero-order chi connectivity index (χ0) is 20.8. The molecule has 0 amide bonds. The van der Waals surface area contributed by atoms with E-state index in [-0.39, 0.29) is 0 Å². The number of hydrogen-bond acceptors (Lipinski definition) is 5. The van der Waals surface area contributed by atoms with Crippen LogP contribution in [0.5, 0.6) is 0 Å². The second-order valence-electron chi connectivity index (χ2n) is 8.55. The highest BCUT2D eigenvalue weighted by Gasteiger charge is 2.30. The number of imidazole rings is 1. The Labute approximate surface area is 177 Å². The van der Waals surface area contributed by atoms with Crippen molar-refractivity contribution in [3.05, 3.63) is 34.7 Å². The van der Waals surface area contributed by atoms with E-state index in [2.05, 4.69) is 42.0 Å². The molecule has 0 saturated carbocycles. The van der Waals surface area contributed by atoms with Crippen molar-refractivity contribution in [2.75, 3.05) is 0 Å². The molecule has 0 spiro atoms. The third kappa shape index (κ3) is 4.12. The summed E-state index contributed by atoms with van der Waals surface area (Å²) in [6.45, 7) is 4.38. The molecule has 29 heavy (non-hydrogen) atoms. The van der Waals surface area contributed by atoms with Gasteiger partial charge in [0.25, 0.3) is 0 Å². The summed E-state index contributed by atoms with van der Waals surface area (Å²) in [5.74, 6) is 2.17. The van der Waals surface area contributed by atoms with Gasteiger partial charge in [-0.25, -0.2) is 4.98 Å². The molecule has 3 aromatic heterocycles. The number of fused-ring (bicyclic) bond motifs is 1. The largest absolute Gasteiger partial charge is 0.319 e. The first kappa shape index (κ1) is 20.5. The van der Waals surface area contributed by atoms with Crippen molar-refractivity contribution >= 4 is 23.1 Å². The average molecular weight is 438 g/mol. The number of hydrogen-bond donors (Lipinski definition) is 0. The van der Waals surface area contributed by atoms with E-state index in [9.17, 15) is 8.78 Å². The lowest BCUT2D eigenvalue weighted by atomic mass is 9.72. The van der Waals surface area contributed by atoms with E-state index < -0.39 is 6.55 Å². The van der Waals surface area contributed by atoms with Gasteiger partial charge in [0.15, 0.2) is 11.0 Å². The van der Waals surface area contributed by atoms with Gasteiger partial charge in [0.1, 0.15) is 5.82 Å². The molecular formula is C20H25F2N5S2. The number of rotatable bonds is 5. The van der Waals surface area contributed by atoms with Crippen LogP contribution in [0.1, 0.15) is 50.0 Å². The fourth-order valence-corrected chi connectivity index (χ4v) is 5.88. The van der Waals surface area contributed by atoms with Gasteiger partial charge in [-0.2, -0.15) is 8.78 Å². The van der Waals surface area contributed by atoms with Crippen molar-refractivity contribution in [1.29, 1.82) is 0 Å². The van der Waals surface area contributed by atoms with E-state index in [4.69, 9.17) is 0 Å². The van der Waals surface area contributed by atoms with Crippen molar-refractivity contribution in [3.63, 3.8) is 0 Å². The summed E-state index contributed by atoms with van der Waals surface area (Å²) in [6.07, 6.45) is 6.16. The van der Waals surface area contributed by atoms with Crippen LogP contribution in [-0.2, 0) is 25.6 Å². The lowest BCUT2D eigenvalue weighted by Crippen LogP contribution is -2.26. The van der Waals surface area contributed by atoms with Gasteiger partial charge in [-0.15, -0.1) is 21.5 Å². The predicted molar refractivity (Wildman–Crippen MR) is 112 cm³/mol. The van der Waals surface area contributed by atoms with Gasteiger partial charge >= 0.3 is 6.55 Å². The van der Waals surface area contributed by atoms with Gasteiger partial charge < -0.3 is 4.57 Å². The highest BCUT2D eigenvalue weighted by Crippen LogP contribution is 2.42. The average Bonchev–Trinajstić information content (AvgIpc) is 3.36. The maximum absolute atomic E-state index is 13.0. The summed E-state index contributed by atoms with van der Waals surface area (Å²) < 4.78 is 28.8. The summed E-state index contributed by atoms with van der Waals surface area (Å²) in [6, 6.07) is 2.26. The quantitative estimate of drug-likeness (QED) is 0.489. The second kappa shape index (κ2) is 7.83. The van der Waals surface area contributed by atoms with Gasteiger partial charge in [-0.3, -0.25) is 4.57 Å². The first-order valence-corrected chi connectivity index (χ1v) is 11.5. The molecular weight excluding hydrogens is 412 g/mol. The molecule has 0 aliphatic heterocycles. The Bertz CT molecular complexity index is 999. The van der Waals surface area contributed by atoms with Crippen LogP contribution in [0.25, 0.3) is 10.7 Å². The highest BCUT2D eigenvalue weighted by atomic mass is 32.2. The van der Waals surface area contributed by atoms with Gasteiger partial charge in [0.05, 0.1) is 10.6 Å². The minimum atomic E-state index is -2.59. The highest BCUT2D eigenvalue weighted by molar-refractivity contribution is 7.98. The third-order valence-electron chi connectivity index (χ3n) is 5.65. The number of nitrogens with zero attached hydrogens (tertiary/aromatic N) is 5. The fraction of sp³-hybridized carbons (Fsp3) is 0.550. The Morgan fingerprint density at radius 3 is 2.83 bits per heavy atom. The van der Waals surface area contributed by atoms with Crippen molar-refractivity contribution in [1.82, 2.24) is 24.3 Å². The second-order valence-corrected chi connectivity index (χ2v) is 10.6.